The van der Waals surface area contributed by atoms with Crippen LogP contribution in [0.1, 0.15) is 36.5 Å². The molecular formula is C17H20N2O2. The fourth-order valence-corrected chi connectivity index (χ4v) is 3.11. The Bertz CT molecular complexity index is 669. The van der Waals surface area contributed by atoms with Gasteiger partial charge in [-0.2, -0.15) is 0 Å². The van der Waals surface area contributed by atoms with E-state index >= 15 is 0 Å². The summed E-state index contributed by atoms with van der Waals surface area (Å²) in [6.45, 7) is 4.32. The molecule has 1 saturated heterocycles. The van der Waals surface area contributed by atoms with Gasteiger partial charge in [-0.15, -0.1) is 0 Å². The Morgan fingerprint density at radius 3 is 3.00 bits per heavy atom. The van der Waals surface area contributed by atoms with E-state index in [9.17, 15) is 9.90 Å². The fraction of sp³-hybridized carbons (Fsp3) is 0.412. The topological polar surface area (TPSA) is 53.4 Å². The SMILES string of the molecule is CCC1CCCN(c2ccc3c(C(=O)O)cccc3n2)C1. The summed E-state index contributed by atoms with van der Waals surface area (Å²) in [5, 5.41) is 9.94. The van der Waals surface area contributed by atoms with E-state index in [1.807, 2.05) is 18.2 Å². The molecule has 0 radical (unpaired) electrons. The second kappa shape index (κ2) is 5.72. The maximum absolute atomic E-state index is 11.2. The third-order valence-corrected chi connectivity index (χ3v) is 4.37. The van der Waals surface area contributed by atoms with Crippen LogP contribution in [-0.4, -0.2) is 29.1 Å². The number of benzene rings is 1. The lowest BCUT2D eigenvalue weighted by atomic mass is 9.95. The zero-order valence-corrected chi connectivity index (χ0v) is 12.2. The molecule has 1 aliphatic heterocycles. The van der Waals surface area contributed by atoms with Gasteiger partial charge in [0, 0.05) is 18.5 Å². The molecule has 0 bridgehead atoms. The van der Waals surface area contributed by atoms with Gasteiger partial charge in [0.1, 0.15) is 5.82 Å². The number of rotatable bonds is 3. The lowest BCUT2D eigenvalue weighted by molar-refractivity contribution is 0.0699. The first-order valence-electron chi connectivity index (χ1n) is 7.57. The van der Waals surface area contributed by atoms with Gasteiger partial charge < -0.3 is 10.0 Å². The molecule has 0 saturated carbocycles. The number of carbonyl (C=O) groups is 1. The second-order valence-corrected chi connectivity index (χ2v) is 5.71. The number of piperidine rings is 1. The average molecular weight is 284 g/mol. The molecule has 1 aliphatic rings. The van der Waals surface area contributed by atoms with Crippen LogP contribution in [0.25, 0.3) is 10.9 Å². The van der Waals surface area contributed by atoms with Crippen LogP contribution < -0.4 is 4.90 Å². The molecule has 21 heavy (non-hydrogen) atoms. The summed E-state index contributed by atoms with van der Waals surface area (Å²) in [5.41, 5.74) is 1.07. The van der Waals surface area contributed by atoms with Crippen molar-refractivity contribution >= 4 is 22.7 Å². The zero-order valence-electron chi connectivity index (χ0n) is 12.2. The third-order valence-electron chi connectivity index (χ3n) is 4.37. The van der Waals surface area contributed by atoms with Crippen LogP contribution in [0.15, 0.2) is 30.3 Å². The first-order valence-corrected chi connectivity index (χ1v) is 7.57. The van der Waals surface area contributed by atoms with Crippen molar-refractivity contribution in [2.75, 3.05) is 18.0 Å². The zero-order chi connectivity index (χ0) is 14.8. The fourth-order valence-electron chi connectivity index (χ4n) is 3.11. The Kier molecular flexibility index (Phi) is 3.78. The number of hydrogen-bond acceptors (Lipinski definition) is 3. The van der Waals surface area contributed by atoms with Gasteiger partial charge in [-0.3, -0.25) is 0 Å². The Hall–Kier alpha value is -2.10. The van der Waals surface area contributed by atoms with Crippen LogP contribution >= 0.6 is 0 Å². The summed E-state index contributed by atoms with van der Waals surface area (Å²) < 4.78 is 0. The summed E-state index contributed by atoms with van der Waals surface area (Å²) in [6, 6.07) is 9.10. The molecule has 3 rings (SSSR count). The molecule has 0 aliphatic carbocycles. The molecule has 2 heterocycles. The van der Waals surface area contributed by atoms with Crippen molar-refractivity contribution in [1.82, 2.24) is 4.98 Å². The number of nitrogens with zero attached hydrogens (tertiary/aromatic N) is 2. The predicted molar refractivity (Wildman–Crippen MR) is 83.9 cm³/mol. The van der Waals surface area contributed by atoms with E-state index < -0.39 is 5.97 Å². The Balaban J connectivity index is 1.96. The van der Waals surface area contributed by atoms with Crippen molar-refractivity contribution in [2.45, 2.75) is 26.2 Å². The van der Waals surface area contributed by atoms with E-state index in [0.29, 0.717) is 10.9 Å². The number of hydrogen-bond donors (Lipinski definition) is 1. The Morgan fingerprint density at radius 1 is 1.38 bits per heavy atom. The minimum atomic E-state index is -0.904. The molecular weight excluding hydrogens is 264 g/mol. The summed E-state index contributed by atoms with van der Waals surface area (Å²) in [4.78, 5) is 18.2. The molecule has 1 N–H and O–H groups in total. The quantitative estimate of drug-likeness (QED) is 0.936. The van der Waals surface area contributed by atoms with Crippen LogP contribution in [0.3, 0.4) is 0 Å². The third kappa shape index (κ3) is 2.71. The molecule has 2 aromatic rings. The van der Waals surface area contributed by atoms with E-state index in [1.54, 1.807) is 12.1 Å². The predicted octanol–water partition coefficient (Wildman–Crippen LogP) is 3.56. The molecule has 4 nitrogen and oxygen atoms in total. The van der Waals surface area contributed by atoms with Gasteiger partial charge >= 0.3 is 5.97 Å². The van der Waals surface area contributed by atoms with Gasteiger partial charge in [0.2, 0.25) is 0 Å². The summed E-state index contributed by atoms with van der Waals surface area (Å²) in [6.07, 6.45) is 3.70. The summed E-state index contributed by atoms with van der Waals surface area (Å²) in [7, 11) is 0. The van der Waals surface area contributed by atoms with Gasteiger partial charge in [-0.1, -0.05) is 19.4 Å². The second-order valence-electron chi connectivity index (χ2n) is 5.71. The smallest absolute Gasteiger partial charge is 0.336 e. The van der Waals surface area contributed by atoms with Crippen molar-refractivity contribution in [2.24, 2.45) is 5.92 Å². The first kappa shape index (κ1) is 13.9. The number of fused-ring (bicyclic) bond motifs is 1. The maximum Gasteiger partial charge on any atom is 0.336 e. The number of aromatic nitrogens is 1. The lowest BCUT2D eigenvalue weighted by Gasteiger charge is -2.33. The highest BCUT2D eigenvalue weighted by Crippen LogP contribution is 2.26. The lowest BCUT2D eigenvalue weighted by Crippen LogP contribution is -2.35. The van der Waals surface area contributed by atoms with Crippen molar-refractivity contribution in [3.05, 3.63) is 35.9 Å². The highest BCUT2D eigenvalue weighted by molar-refractivity contribution is 6.02. The summed E-state index contributed by atoms with van der Waals surface area (Å²) in [5.74, 6) is 0.795. The van der Waals surface area contributed by atoms with E-state index in [2.05, 4.69) is 16.8 Å². The monoisotopic (exact) mass is 284 g/mol. The average Bonchev–Trinajstić information content (AvgIpc) is 2.53. The molecule has 1 unspecified atom stereocenters. The standard InChI is InChI=1S/C17H20N2O2/c1-2-12-5-4-10-19(11-12)16-9-8-13-14(17(20)21)6-3-7-15(13)18-16/h3,6-9,12H,2,4-5,10-11H2,1H3,(H,20,21). The van der Waals surface area contributed by atoms with Crippen molar-refractivity contribution in [1.29, 1.82) is 0 Å². The van der Waals surface area contributed by atoms with Crippen LogP contribution in [0.5, 0.6) is 0 Å². The van der Waals surface area contributed by atoms with Crippen LogP contribution in [-0.2, 0) is 0 Å². The molecule has 0 spiro atoms. The van der Waals surface area contributed by atoms with Crippen molar-refractivity contribution in [3.63, 3.8) is 0 Å². The van der Waals surface area contributed by atoms with E-state index in [1.165, 1.54) is 19.3 Å². The summed E-state index contributed by atoms with van der Waals surface area (Å²) >= 11 is 0. The number of anilines is 1. The van der Waals surface area contributed by atoms with Crippen molar-refractivity contribution < 1.29 is 9.90 Å². The normalized spacial score (nSPS) is 18.9. The molecule has 1 atom stereocenters. The van der Waals surface area contributed by atoms with Crippen LogP contribution in [0.4, 0.5) is 5.82 Å². The molecule has 1 aromatic carbocycles. The molecule has 110 valence electrons. The first-order chi connectivity index (χ1) is 10.2. The molecule has 1 aromatic heterocycles. The van der Waals surface area contributed by atoms with E-state index in [-0.39, 0.29) is 0 Å². The van der Waals surface area contributed by atoms with Crippen LogP contribution in [0.2, 0.25) is 0 Å². The van der Waals surface area contributed by atoms with Gasteiger partial charge in [-0.05, 0) is 43.0 Å². The molecule has 4 heteroatoms. The number of carboxylic acid groups (broad SMARTS) is 1. The highest BCUT2D eigenvalue weighted by atomic mass is 16.4. The molecule has 0 amide bonds. The van der Waals surface area contributed by atoms with Gasteiger partial charge in [0.05, 0.1) is 11.1 Å². The van der Waals surface area contributed by atoms with E-state index in [4.69, 9.17) is 0 Å². The minimum Gasteiger partial charge on any atom is -0.478 e. The maximum atomic E-state index is 11.2. The van der Waals surface area contributed by atoms with Crippen molar-refractivity contribution in [3.8, 4) is 0 Å². The number of pyridine rings is 1. The van der Waals surface area contributed by atoms with E-state index in [0.717, 1.165) is 30.3 Å². The van der Waals surface area contributed by atoms with Gasteiger partial charge in [-0.25, -0.2) is 9.78 Å². The van der Waals surface area contributed by atoms with Gasteiger partial charge in [0.15, 0.2) is 0 Å². The number of aromatic carboxylic acids is 1. The van der Waals surface area contributed by atoms with Crippen LogP contribution in [0, 0.1) is 5.92 Å². The highest BCUT2D eigenvalue weighted by Gasteiger charge is 2.20. The minimum absolute atomic E-state index is 0.316. The number of carboxylic acids is 1. The Morgan fingerprint density at radius 2 is 2.24 bits per heavy atom. The Labute approximate surface area is 124 Å². The van der Waals surface area contributed by atoms with Gasteiger partial charge in [0.25, 0.3) is 0 Å². The molecule has 1 fully saturated rings. The largest absolute Gasteiger partial charge is 0.478 e.